The zero-order valence-electron chi connectivity index (χ0n) is 14.4. The van der Waals surface area contributed by atoms with E-state index in [4.69, 9.17) is 0 Å². The predicted molar refractivity (Wildman–Crippen MR) is 91.2 cm³/mol. The summed E-state index contributed by atoms with van der Waals surface area (Å²) in [6.45, 7) is 10.9. The fourth-order valence-corrected chi connectivity index (χ4v) is 2.51. The van der Waals surface area contributed by atoms with Gasteiger partial charge < -0.3 is 10.2 Å². The van der Waals surface area contributed by atoms with Crippen LogP contribution in [0.25, 0.3) is 0 Å². The molecule has 0 bridgehead atoms. The lowest BCUT2D eigenvalue weighted by molar-refractivity contribution is -0.121. The number of hydrogen-bond acceptors (Lipinski definition) is 2. The summed E-state index contributed by atoms with van der Waals surface area (Å²) in [4.78, 5) is 25.6. The monoisotopic (exact) mass is 304 g/mol. The number of nitrogens with one attached hydrogen (secondary N) is 1. The maximum Gasteiger partial charge on any atom is 0.223 e. The first-order valence-electron chi connectivity index (χ1n) is 8.02. The quantitative estimate of drug-likeness (QED) is 0.839. The summed E-state index contributed by atoms with van der Waals surface area (Å²) in [6.07, 6.45) is 1.24. The second kappa shape index (κ2) is 8.57. The SMILES string of the molecule is CCCNC(=O)CCN(C(C)=O)c1c(C)cccc1C(C)C. The molecule has 0 fully saturated rings. The molecule has 0 atom stereocenters. The highest BCUT2D eigenvalue weighted by Crippen LogP contribution is 2.31. The van der Waals surface area contributed by atoms with Gasteiger partial charge in [-0.05, 0) is 30.4 Å². The molecule has 22 heavy (non-hydrogen) atoms. The van der Waals surface area contributed by atoms with Crippen molar-refractivity contribution in [1.29, 1.82) is 0 Å². The number of amides is 2. The molecule has 0 spiro atoms. The fraction of sp³-hybridized carbons (Fsp3) is 0.556. The van der Waals surface area contributed by atoms with Crippen molar-refractivity contribution in [3.63, 3.8) is 0 Å². The van der Waals surface area contributed by atoms with Crippen LogP contribution >= 0.6 is 0 Å². The van der Waals surface area contributed by atoms with E-state index >= 15 is 0 Å². The number of nitrogens with zero attached hydrogens (tertiary/aromatic N) is 1. The van der Waals surface area contributed by atoms with Crippen LogP contribution in [0.3, 0.4) is 0 Å². The molecule has 0 aliphatic rings. The van der Waals surface area contributed by atoms with Crippen molar-refractivity contribution in [3.05, 3.63) is 29.3 Å². The van der Waals surface area contributed by atoms with Crippen molar-refractivity contribution < 1.29 is 9.59 Å². The summed E-state index contributed by atoms with van der Waals surface area (Å²) in [5, 5.41) is 2.85. The topological polar surface area (TPSA) is 49.4 Å². The highest BCUT2D eigenvalue weighted by Gasteiger charge is 2.19. The Kier molecular flexibility index (Phi) is 7.09. The third kappa shape index (κ3) is 4.86. The van der Waals surface area contributed by atoms with Crippen LogP contribution in [0.4, 0.5) is 5.69 Å². The van der Waals surface area contributed by atoms with Gasteiger partial charge in [0, 0.05) is 32.1 Å². The summed E-state index contributed by atoms with van der Waals surface area (Å²) in [7, 11) is 0. The Morgan fingerprint density at radius 3 is 2.50 bits per heavy atom. The van der Waals surface area contributed by atoms with Crippen molar-refractivity contribution in [2.24, 2.45) is 0 Å². The van der Waals surface area contributed by atoms with E-state index in [0.717, 1.165) is 23.2 Å². The minimum atomic E-state index is -0.0282. The fourth-order valence-electron chi connectivity index (χ4n) is 2.51. The van der Waals surface area contributed by atoms with E-state index in [1.54, 1.807) is 11.8 Å². The van der Waals surface area contributed by atoms with Crippen molar-refractivity contribution in [2.75, 3.05) is 18.0 Å². The summed E-state index contributed by atoms with van der Waals surface area (Å²) in [5.41, 5.74) is 3.16. The van der Waals surface area contributed by atoms with Gasteiger partial charge >= 0.3 is 0 Å². The number of carbonyl (C=O) groups is 2. The summed E-state index contributed by atoms with van der Waals surface area (Å²) in [6, 6.07) is 6.08. The average Bonchev–Trinajstić information content (AvgIpc) is 2.46. The van der Waals surface area contributed by atoms with Crippen LogP contribution in [0.15, 0.2) is 18.2 Å². The van der Waals surface area contributed by atoms with Crippen molar-refractivity contribution >= 4 is 17.5 Å². The molecule has 0 unspecified atom stereocenters. The molecule has 1 aromatic carbocycles. The molecule has 0 heterocycles. The third-order valence-electron chi connectivity index (χ3n) is 3.68. The minimum Gasteiger partial charge on any atom is -0.356 e. The Morgan fingerprint density at radius 2 is 1.95 bits per heavy atom. The largest absolute Gasteiger partial charge is 0.356 e. The van der Waals surface area contributed by atoms with Gasteiger partial charge in [-0.25, -0.2) is 0 Å². The lowest BCUT2D eigenvalue weighted by atomic mass is 9.97. The Bertz CT molecular complexity index is 524. The molecule has 0 saturated heterocycles. The van der Waals surface area contributed by atoms with Crippen LogP contribution < -0.4 is 10.2 Å². The minimum absolute atomic E-state index is 0.00668. The second-order valence-corrected chi connectivity index (χ2v) is 5.94. The molecule has 4 heteroatoms. The second-order valence-electron chi connectivity index (χ2n) is 5.94. The molecule has 1 N–H and O–H groups in total. The molecule has 0 aliphatic heterocycles. The van der Waals surface area contributed by atoms with Crippen LogP contribution in [0.2, 0.25) is 0 Å². The van der Waals surface area contributed by atoms with E-state index < -0.39 is 0 Å². The van der Waals surface area contributed by atoms with Crippen molar-refractivity contribution in [2.45, 2.75) is 53.4 Å². The highest BCUT2D eigenvalue weighted by atomic mass is 16.2. The number of aryl methyl sites for hydroxylation is 1. The molecule has 1 rings (SSSR count). The molecule has 4 nitrogen and oxygen atoms in total. The zero-order chi connectivity index (χ0) is 16.7. The van der Waals surface area contributed by atoms with E-state index in [1.807, 2.05) is 26.0 Å². The summed E-state index contributed by atoms with van der Waals surface area (Å²) >= 11 is 0. The van der Waals surface area contributed by atoms with Gasteiger partial charge in [-0.1, -0.05) is 39.0 Å². The molecule has 0 aromatic heterocycles. The smallest absolute Gasteiger partial charge is 0.223 e. The lowest BCUT2D eigenvalue weighted by Crippen LogP contribution is -2.35. The molecule has 1 aromatic rings. The van der Waals surface area contributed by atoms with Gasteiger partial charge in [-0.3, -0.25) is 9.59 Å². The molecule has 0 aliphatic carbocycles. The number of benzene rings is 1. The Balaban J connectivity index is 2.97. The first-order chi connectivity index (χ1) is 10.4. The molecular weight excluding hydrogens is 276 g/mol. The third-order valence-corrected chi connectivity index (χ3v) is 3.68. The van der Waals surface area contributed by atoms with Crippen LogP contribution in [-0.4, -0.2) is 24.9 Å². The van der Waals surface area contributed by atoms with Gasteiger partial charge in [-0.2, -0.15) is 0 Å². The normalized spacial score (nSPS) is 10.6. The number of carbonyl (C=O) groups excluding carboxylic acids is 2. The number of anilines is 1. The summed E-state index contributed by atoms with van der Waals surface area (Å²) in [5.74, 6) is 0.290. The van der Waals surface area contributed by atoms with E-state index in [1.165, 1.54) is 0 Å². The maximum atomic E-state index is 12.1. The molecule has 2 amide bonds. The highest BCUT2D eigenvalue weighted by molar-refractivity contribution is 5.94. The van der Waals surface area contributed by atoms with Gasteiger partial charge in [-0.15, -0.1) is 0 Å². The van der Waals surface area contributed by atoms with Crippen LogP contribution in [0, 0.1) is 6.92 Å². The number of hydrogen-bond donors (Lipinski definition) is 1. The predicted octanol–water partition coefficient (Wildman–Crippen LogP) is 3.39. The van der Waals surface area contributed by atoms with Crippen LogP contribution in [-0.2, 0) is 9.59 Å². The van der Waals surface area contributed by atoms with E-state index in [9.17, 15) is 9.59 Å². The molecular formula is C18H28N2O2. The van der Waals surface area contributed by atoms with Crippen molar-refractivity contribution in [3.8, 4) is 0 Å². The lowest BCUT2D eigenvalue weighted by Gasteiger charge is -2.27. The molecule has 0 saturated carbocycles. The van der Waals surface area contributed by atoms with Gasteiger partial charge in [0.15, 0.2) is 0 Å². The van der Waals surface area contributed by atoms with Gasteiger partial charge in [0.05, 0.1) is 0 Å². The van der Waals surface area contributed by atoms with Gasteiger partial charge in [0.25, 0.3) is 0 Å². The average molecular weight is 304 g/mol. The van der Waals surface area contributed by atoms with E-state index in [0.29, 0.717) is 25.4 Å². The Labute approximate surface area is 133 Å². The van der Waals surface area contributed by atoms with Gasteiger partial charge in [0.1, 0.15) is 0 Å². The van der Waals surface area contributed by atoms with Gasteiger partial charge in [0.2, 0.25) is 11.8 Å². The first-order valence-corrected chi connectivity index (χ1v) is 8.02. The zero-order valence-corrected chi connectivity index (χ0v) is 14.4. The van der Waals surface area contributed by atoms with Crippen LogP contribution in [0.5, 0.6) is 0 Å². The Hall–Kier alpha value is -1.84. The first kappa shape index (κ1) is 18.2. The molecule has 122 valence electrons. The standard InChI is InChI=1S/C18H28N2O2/c1-6-11-19-17(22)10-12-20(15(5)21)18-14(4)8-7-9-16(18)13(2)3/h7-9,13H,6,10-12H2,1-5H3,(H,19,22). The van der Waals surface area contributed by atoms with E-state index in [-0.39, 0.29) is 11.8 Å². The number of rotatable bonds is 7. The maximum absolute atomic E-state index is 12.1. The summed E-state index contributed by atoms with van der Waals surface area (Å²) < 4.78 is 0. The molecule has 0 radical (unpaired) electrons. The van der Waals surface area contributed by atoms with E-state index in [2.05, 4.69) is 25.2 Å². The number of para-hydroxylation sites is 1. The Morgan fingerprint density at radius 1 is 1.27 bits per heavy atom. The van der Waals surface area contributed by atoms with Crippen LogP contribution in [0.1, 0.15) is 57.6 Å². The van der Waals surface area contributed by atoms with Crippen molar-refractivity contribution in [1.82, 2.24) is 5.32 Å².